The van der Waals surface area contributed by atoms with Gasteiger partial charge in [0.2, 0.25) is 0 Å². The molecular weight excluding hydrogens is 396 g/mol. The van der Waals surface area contributed by atoms with Crippen molar-refractivity contribution in [3.8, 4) is 11.1 Å². The van der Waals surface area contributed by atoms with Crippen LogP contribution in [0.3, 0.4) is 0 Å². The molecule has 31 heavy (non-hydrogen) atoms. The van der Waals surface area contributed by atoms with E-state index in [9.17, 15) is 0 Å². The quantitative estimate of drug-likeness (QED) is 0.353. The number of hydrogen-bond donors (Lipinski definition) is 2. The van der Waals surface area contributed by atoms with Gasteiger partial charge in [0.1, 0.15) is 0 Å². The highest BCUT2D eigenvalue weighted by Gasteiger charge is 2.37. The van der Waals surface area contributed by atoms with Gasteiger partial charge >= 0.3 is 0 Å². The zero-order valence-corrected chi connectivity index (χ0v) is 19.2. The van der Waals surface area contributed by atoms with Crippen molar-refractivity contribution in [2.75, 3.05) is 6.54 Å². The summed E-state index contributed by atoms with van der Waals surface area (Å²) >= 11 is 5.70. The predicted octanol–water partition coefficient (Wildman–Crippen LogP) is 6.09. The molecule has 1 saturated heterocycles. The summed E-state index contributed by atoms with van der Waals surface area (Å²) in [4.78, 5) is 1.00. The Bertz CT molecular complexity index is 1100. The van der Waals surface area contributed by atoms with Crippen molar-refractivity contribution in [2.45, 2.75) is 38.8 Å². The van der Waals surface area contributed by atoms with E-state index in [0.29, 0.717) is 0 Å². The average molecular weight is 427 g/mol. The third-order valence-electron chi connectivity index (χ3n) is 6.12. The molecule has 0 aromatic heterocycles. The smallest absolute Gasteiger partial charge is 0.0915 e. The van der Waals surface area contributed by atoms with Crippen molar-refractivity contribution in [1.82, 2.24) is 10.6 Å². The summed E-state index contributed by atoms with van der Waals surface area (Å²) in [6, 6.07) is 26.1. The number of thiocarbonyl (C=S) groups is 1. The lowest BCUT2D eigenvalue weighted by atomic mass is 9.87. The van der Waals surface area contributed by atoms with E-state index in [1.54, 1.807) is 0 Å². The third-order valence-corrected chi connectivity index (χ3v) is 6.68. The molecule has 1 unspecified atom stereocenters. The standard InChI is InChI=1S/C28H30N2S/c1-20-12-13-24(19-29-15-14-22-8-5-4-6-9-22)26(16-20)23-10-7-11-25(18-23)28(3)27(31)17-21(2)30-28/h4-13,16,18,29-30H,2,14-15,17,19H2,1,3H3. The Labute approximate surface area is 191 Å². The highest BCUT2D eigenvalue weighted by atomic mass is 32.1. The van der Waals surface area contributed by atoms with E-state index in [0.717, 1.165) is 36.5 Å². The Morgan fingerprint density at radius 1 is 1.03 bits per heavy atom. The van der Waals surface area contributed by atoms with Crippen LogP contribution in [-0.2, 0) is 18.5 Å². The maximum absolute atomic E-state index is 5.70. The van der Waals surface area contributed by atoms with Crippen LogP contribution in [0.15, 0.2) is 85.1 Å². The van der Waals surface area contributed by atoms with Crippen LogP contribution in [0.1, 0.15) is 35.6 Å². The number of benzene rings is 3. The first kappa shape index (κ1) is 21.5. The van der Waals surface area contributed by atoms with Gasteiger partial charge in [0.25, 0.3) is 0 Å². The molecule has 158 valence electrons. The van der Waals surface area contributed by atoms with Crippen LogP contribution in [0, 0.1) is 6.92 Å². The van der Waals surface area contributed by atoms with Gasteiger partial charge in [-0.05, 0) is 60.7 Å². The molecule has 0 amide bonds. The second-order valence-corrected chi connectivity index (χ2v) is 9.10. The van der Waals surface area contributed by atoms with Crippen molar-refractivity contribution < 1.29 is 0 Å². The van der Waals surface area contributed by atoms with Gasteiger partial charge in [-0.3, -0.25) is 0 Å². The zero-order chi connectivity index (χ0) is 21.8. The lowest BCUT2D eigenvalue weighted by Gasteiger charge is -2.27. The molecule has 0 radical (unpaired) electrons. The van der Waals surface area contributed by atoms with Crippen LogP contribution in [0.5, 0.6) is 0 Å². The van der Waals surface area contributed by atoms with Crippen LogP contribution >= 0.6 is 12.2 Å². The fourth-order valence-corrected chi connectivity index (χ4v) is 4.63. The van der Waals surface area contributed by atoms with Crippen LogP contribution < -0.4 is 10.6 Å². The van der Waals surface area contributed by atoms with E-state index in [-0.39, 0.29) is 5.54 Å². The number of nitrogens with one attached hydrogen (secondary N) is 2. The lowest BCUT2D eigenvalue weighted by molar-refractivity contribution is 0.587. The van der Waals surface area contributed by atoms with Gasteiger partial charge in [-0.15, -0.1) is 0 Å². The highest BCUT2D eigenvalue weighted by Crippen LogP contribution is 2.35. The molecule has 1 aliphatic heterocycles. The van der Waals surface area contributed by atoms with Gasteiger partial charge < -0.3 is 10.6 Å². The fraction of sp³-hybridized carbons (Fsp3) is 0.250. The molecular formula is C28H30N2S. The molecule has 1 atom stereocenters. The van der Waals surface area contributed by atoms with Crippen LogP contribution in [-0.4, -0.2) is 11.4 Å². The van der Waals surface area contributed by atoms with E-state index >= 15 is 0 Å². The van der Waals surface area contributed by atoms with Crippen molar-refractivity contribution in [3.05, 3.63) is 107 Å². The first-order valence-electron chi connectivity index (χ1n) is 10.9. The molecule has 0 bridgehead atoms. The van der Waals surface area contributed by atoms with Crippen molar-refractivity contribution in [2.24, 2.45) is 0 Å². The second kappa shape index (κ2) is 9.17. The van der Waals surface area contributed by atoms with E-state index in [1.165, 1.54) is 33.4 Å². The summed E-state index contributed by atoms with van der Waals surface area (Å²) in [5.41, 5.74) is 8.30. The van der Waals surface area contributed by atoms with Gasteiger partial charge in [0.15, 0.2) is 0 Å². The molecule has 0 saturated carbocycles. The molecule has 3 heteroatoms. The molecule has 0 aliphatic carbocycles. The summed E-state index contributed by atoms with van der Waals surface area (Å²) in [5.74, 6) is 0. The number of allylic oxidation sites excluding steroid dienone is 1. The van der Waals surface area contributed by atoms with Gasteiger partial charge in [0, 0.05) is 23.5 Å². The maximum Gasteiger partial charge on any atom is 0.0915 e. The van der Waals surface area contributed by atoms with E-state index in [4.69, 9.17) is 12.2 Å². The van der Waals surface area contributed by atoms with Gasteiger partial charge in [-0.1, -0.05) is 91.1 Å². The van der Waals surface area contributed by atoms with Crippen molar-refractivity contribution >= 4 is 17.1 Å². The predicted molar refractivity (Wildman–Crippen MR) is 135 cm³/mol. The Morgan fingerprint density at radius 2 is 1.84 bits per heavy atom. The Balaban J connectivity index is 1.55. The lowest BCUT2D eigenvalue weighted by Crippen LogP contribution is -2.37. The molecule has 2 nitrogen and oxygen atoms in total. The second-order valence-electron chi connectivity index (χ2n) is 8.61. The molecule has 1 aliphatic rings. The fourth-order valence-electron chi connectivity index (χ4n) is 4.28. The van der Waals surface area contributed by atoms with E-state index < -0.39 is 0 Å². The average Bonchev–Trinajstić information content (AvgIpc) is 3.05. The topological polar surface area (TPSA) is 24.1 Å². The van der Waals surface area contributed by atoms with Crippen molar-refractivity contribution in [3.63, 3.8) is 0 Å². The molecule has 4 rings (SSSR count). The van der Waals surface area contributed by atoms with Crippen LogP contribution in [0.2, 0.25) is 0 Å². The first-order valence-corrected chi connectivity index (χ1v) is 11.3. The van der Waals surface area contributed by atoms with Gasteiger partial charge in [-0.2, -0.15) is 0 Å². The summed E-state index contributed by atoms with van der Waals surface area (Å²) in [7, 11) is 0. The summed E-state index contributed by atoms with van der Waals surface area (Å²) in [5, 5.41) is 7.14. The Kier molecular flexibility index (Phi) is 6.35. The van der Waals surface area contributed by atoms with E-state index in [2.05, 4.69) is 104 Å². The highest BCUT2D eigenvalue weighted by molar-refractivity contribution is 7.80. The Morgan fingerprint density at radius 3 is 2.58 bits per heavy atom. The summed E-state index contributed by atoms with van der Waals surface area (Å²) in [6.45, 7) is 10.2. The zero-order valence-electron chi connectivity index (χ0n) is 18.4. The minimum absolute atomic E-state index is 0.333. The molecule has 3 aromatic rings. The normalized spacial score (nSPS) is 18.3. The summed E-state index contributed by atoms with van der Waals surface area (Å²) in [6.07, 6.45) is 1.79. The minimum Gasteiger partial charge on any atom is -0.375 e. The Hall–Kier alpha value is -2.75. The summed E-state index contributed by atoms with van der Waals surface area (Å²) < 4.78 is 0. The van der Waals surface area contributed by atoms with Crippen LogP contribution in [0.25, 0.3) is 11.1 Å². The molecule has 1 fully saturated rings. The van der Waals surface area contributed by atoms with E-state index in [1.807, 2.05) is 0 Å². The van der Waals surface area contributed by atoms with Crippen LogP contribution in [0.4, 0.5) is 0 Å². The third kappa shape index (κ3) is 4.79. The van der Waals surface area contributed by atoms with Crippen molar-refractivity contribution in [1.29, 1.82) is 0 Å². The molecule has 0 spiro atoms. The first-order chi connectivity index (χ1) is 15.0. The largest absolute Gasteiger partial charge is 0.375 e. The molecule has 2 N–H and O–H groups in total. The number of rotatable bonds is 7. The molecule has 1 heterocycles. The number of hydrogen-bond acceptors (Lipinski definition) is 3. The molecule has 3 aromatic carbocycles. The van der Waals surface area contributed by atoms with Gasteiger partial charge in [-0.25, -0.2) is 0 Å². The number of aryl methyl sites for hydroxylation is 1. The minimum atomic E-state index is -0.333. The van der Waals surface area contributed by atoms with Gasteiger partial charge in [0.05, 0.1) is 5.54 Å². The maximum atomic E-state index is 5.70. The monoisotopic (exact) mass is 426 g/mol. The SMILES string of the molecule is C=C1CC(=S)C(C)(c2cccc(-c3cc(C)ccc3CNCCc3ccccc3)c2)N1.